The van der Waals surface area contributed by atoms with Crippen LogP contribution >= 0.6 is 11.8 Å². The van der Waals surface area contributed by atoms with Crippen molar-refractivity contribution in [3.63, 3.8) is 0 Å². The summed E-state index contributed by atoms with van der Waals surface area (Å²) in [6.45, 7) is 17.3. The van der Waals surface area contributed by atoms with Crippen molar-refractivity contribution in [1.82, 2.24) is 9.80 Å². The van der Waals surface area contributed by atoms with Crippen molar-refractivity contribution in [2.75, 3.05) is 39.5 Å². The van der Waals surface area contributed by atoms with Gasteiger partial charge < -0.3 is 19.3 Å². The van der Waals surface area contributed by atoms with E-state index in [1.165, 1.54) is 119 Å². The number of carbonyl (C=O) groups excluding carboxylic acids is 3. The van der Waals surface area contributed by atoms with Crippen LogP contribution in [-0.2, 0) is 19.1 Å². The minimum absolute atomic E-state index is 0.103. The third kappa shape index (κ3) is 16.0. The topological polar surface area (TPSA) is 76.1 Å². The van der Waals surface area contributed by atoms with E-state index in [-0.39, 0.29) is 36.0 Å². The molecule has 62 heavy (non-hydrogen) atoms. The Bertz CT molecular complexity index is 1410. The fraction of sp³-hybridized carbons (Fsp3) is 0.870. The van der Waals surface area contributed by atoms with E-state index in [1.807, 2.05) is 14.1 Å². The maximum Gasteiger partial charge on any atom is 0.325 e. The molecule has 7 unspecified atom stereocenters. The summed E-state index contributed by atoms with van der Waals surface area (Å²) in [4.78, 5) is 44.5. The molecule has 0 heterocycles. The van der Waals surface area contributed by atoms with Crippen LogP contribution in [0.25, 0.3) is 0 Å². The molecular formula is C54H94N2O5S. The van der Waals surface area contributed by atoms with Gasteiger partial charge in [0, 0.05) is 12.2 Å². The molecule has 8 heteroatoms. The number of thioether (sulfide) groups is 1. The van der Waals surface area contributed by atoms with Gasteiger partial charge >= 0.3 is 11.9 Å². The molecule has 0 aliphatic heterocycles. The summed E-state index contributed by atoms with van der Waals surface area (Å²) in [7, 11) is 4.05. The van der Waals surface area contributed by atoms with Crippen molar-refractivity contribution in [3.8, 4) is 0 Å². The first kappa shape index (κ1) is 52.8. The SMILES string of the molecule is CCCCCCCCC(CCCCCCCC)OC(=O)CN(CC(=O)OC1CCC2(C)C(=CC=C3C2CCC2(C)C3CCC2C(C)CCCC(C)C)C1)C(=O)SCCCN(C)C. The molecule has 0 bridgehead atoms. The number of ether oxygens (including phenoxy) is 2. The van der Waals surface area contributed by atoms with Gasteiger partial charge in [0.2, 0.25) is 0 Å². The molecule has 0 saturated heterocycles. The maximum absolute atomic E-state index is 13.7. The van der Waals surface area contributed by atoms with Crippen molar-refractivity contribution in [3.05, 3.63) is 23.3 Å². The quantitative estimate of drug-likeness (QED) is 0.0547. The van der Waals surface area contributed by atoms with Gasteiger partial charge in [0.15, 0.2) is 0 Å². The van der Waals surface area contributed by atoms with E-state index in [0.717, 1.165) is 88.5 Å². The minimum Gasteiger partial charge on any atom is -0.461 e. The van der Waals surface area contributed by atoms with E-state index in [1.54, 1.807) is 5.57 Å². The zero-order valence-electron chi connectivity index (χ0n) is 41.5. The van der Waals surface area contributed by atoms with Gasteiger partial charge in [0.05, 0.1) is 0 Å². The van der Waals surface area contributed by atoms with Gasteiger partial charge in [-0.15, -0.1) is 0 Å². The summed E-state index contributed by atoms with van der Waals surface area (Å²) < 4.78 is 12.4. The second-order valence-electron chi connectivity index (χ2n) is 21.6. The lowest BCUT2D eigenvalue weighted by Gasteiger charge is -2.55. The number of rotatable bonds is 29. The molecular weight excluding hydrogens is 789 g/mol. The number of fused-ring (bicyclic) bond motifs is 5. The number of hydrogen-bond acceptors (Lipinski definition) is 7. The maximum atomic E-state index is 13.7. The van der Waals surface area contributed by atoms with Gasteiger partial charge in [-0.2, -0.15) is 0 Å². The highest BCUT2D eigenvalue weighted by molar-refractivity contribution is 8.13. The van der Waals surface area contributed by atoms with Crippen LogP contribution in [0.1, 0.15) is 209 Å². The Morgan fingerprint density at radius 3 is 2.02 bits per heavy atom. The lowest BCUT2D eigenvalue weighted by Crippen LogP contribution is -2.47. The van der Waals surface area contributed by atoms with Crippen LogP contribution in [0.15, 0.2) is 23.3 Å². The Kier molecular flexibility index (Phi) is 23.0. The molecule has 3 fully saturated rings. The Morgan fingerprint density at radius 1 is 0.726 bits per heavy atom. The van der Waals surface area contributed by atoms with E-state index in [2.05, 4.69) is 65.5 Å². The van der Waals surface area contributed by atoms with Crippen LogP contribution in [0, 0.1) is 40.4 Å². The normalized spacial score (nSPS) is 26.1. The number of allylic oxidation sites excluding steroid dienone is 3. The van der Waals surface area contributed by atoms with E-state index in [4.69, 9.17) is 9.47 Å². The molecule has 4 rings (SSSR count). The average molecular weight is 883 g/mol. The minimum atomic E-state index is -0.426. The molecule has 3 saturated carbocycles. The van der Waals surface area contributed by atoms with Crippen molar-refractivity contribution < 1.29 is 23.9 Å². The third-order valence-corrected chi connectivity index (χ3v) is 17.0. The van der Waals surface area contributed by atoms with Gasteiger partial charge in [-0.3, -0.25) is 14.4 Å². The van der Waals surface area contributed by atoms with E-state index in [0.29, 0.717) is 23.0 Å². The number of unbranched alkanes of at least 4 members (excludes halogenated alkanes) is 10. The highest BCUT2D eigenvalue weighted by Gasteiger charge is 2.57. The predicted molar refractivity (Wildman–Crippen MR) is 261 cm³/mol. The fourth-order valence-electron chi connectivity index (χ4n) is 12.2. The van der Waals surface area contributed by atoms with Crippen LogP contribution in [0.2, 0.25) is 0 Å². The zero-order valence-corrected chi connectivity index (χ0v) is 42.4. The summed E-state index contributed by atoms with van der Waals surface area (Å²) in [6.07, 6.45) is 33.3. The molecule has 7 nitrogen and oxygen atoms in total. The molecule has 0 spiro atoms. The van der Waals surface area contributed by atoms with Crippen molar-refractivity contribution >= 4 is 28.9 Å². The number of esters is 2. The predicted octanol–water partition coefficient (Wildman–Crippen LogP) is 14.4. The second-order valence-corrected chi connectivity index (χ2v) is 22.7. The molecule has 0 N–H and O–H groups in total. The average Bonchev–Trinajstić information content (AvgIpc) is 3.58. The monoisotopic (exact) mass is 883 g/mol. The van der Waals surface area contributed by atoms with Crippen LogP contribution in [0.3, 0.4) is 0 Å². The lowest BCUT2D eigenvalue weighted by molar-refractivity contribution is -0.154. The van der Waals surface area contributed by atoms with Gasteiger partial charge in [-0.1, -0.05) is 167 Å². The van der Waals surface area contributed by atoms with Crippen molar-refractivity contribution in [2.24, 2.45) is 40.4 Å². The third-order valence-electron chi connectivity index (χ3n) is 16.0. The van der Waals surface area contributed by atoms with E-state index in [9.17, 15) is 14.4 Å². The number of hydrogen-bond donors (Lipinski definition) is 0. The number of nitrogens with zero attached hydrogens (tertiary/aromatic N) is 2. The Hall–Kier alpha value is -1.80. The van der Waals surface area contributed by atoms with E-state index < -0.39 is 11.9 Å². The van der Waals surface area contributed by atoms with Crippen LogP contribution in [-0.4, -0.2) is 78.7 Å². The smallest absolute Gasteiger partial charge is 0.325 e. The number of amides is 1. The second kappa shape index (κ2) is 27.0. The standard InChI is InChI=1S/C54H94N2O5S/c1-10-12-14-16-18-20-26-44(27-21-19-17-15-13-11-2)60-50(57)39-56(52(59)62-37-23-36-55(8)9)40-51(58)61-45-32-34-53(6)43(38-45)28-29-46-48-31-30-47(42(5)25-22-24-41(3)4)54(48,7)35-33-49(46)53/h28-29,41-42,44-45,47-49H,10-27,30-40H2,1-9H3. The summed E-state index contributed by atoms with van der Waals surface area (Å²) in [5.74, 6) is 3.43. The first-order valence-electron chi connectivity index (χ1n) is 26.1. The van der Waals surface area contributed by atoms with E-state index >= 15 is 0 Å². The van der Waals surface area contributed by atoms with Gasteiger partial charge in [-0.25, -0.2) is 0 Å². The molecule has 1 amide bonds. The lowest BCUT2D eigenvalue weighted by atomic mass is 9.50. The number of carbonyl (C=O) groups is 3. The van der Waals surface area contributed by atoms with Crippen LogP contribution in [0.5, 0.6) is 0 Å². The first-order valence-corrected chi connectivity index (χ1v) is 27.1. The van der Waals surface area contributed by atoms with Crippen molar-refractivity contribution in [1.29, 1.82) is 0 Å². The van der Waals surface area contributed by atoms with Gasteiger partial charge in [-0.05, 0) is 132 Å². The van der Waals surface area contributed by atoms with Gasteiger partial charge in [0.1, 0.15) is 25.3 Å². The molecule has 0 aromatic rings. The van der Waals surface area contributed by atoms with Crippen LogP contribution in [0.4, 0.5) is 4.79 Å². The summed E-state index contributed by atoms with van der Waals surface area (Å²) in [6, 6.07) is 0. The van der Waals surface area contributed by atoms with Gasteiger partial charge in [0.25, 0.3) is 5.24 Å². The molecule has 7 atom stereocenters. The van der Waals surface area contributed by atoms with Crippen LogP contribution < -0.4 is 0 Å². The Balaban J connectivity index is 1.37. The fourth-order valence-corrected chi connectivity index (χ4v) is 13.0. The Morgan fingerprint density at radius 2 is 1.37 bits per heavy atom. The van der Waals surface area contributed by atoms with Crippen molar-refractivity contribution in [2.45, 2.75) is 221 Å². The summed E-state index contributed by atoms with van der Waals surface area (Å²) in [5.41, 5.74) is 3.64. The summed E-state index contributed by atoms with van der Waals surface area (Å²) in [5, 5.41) is -0.256. The highest BCUT2D eigenvalue weighted by Crippen LogP contribution is 2.66. The zero-order chi connectivity index (χ0) is 45.1. The molecule has 0 radical (unpaired) electrons. The molecule has 4 aliphatic rings. The summed E-state index contributed by atoms with van der Waals surface area (Å²) >= 11 is 1.19. The Labute approximate surface area is 385 Å². The largest absolute Gasteiger partial charge is 0.461 e. The molecule has 0 aromatic heterocycles. The molecule has 4 aliphatic carbocycles. The molecule has 0 aromatic carbocycles. The highest BCUT2D eigenvalue weighted by atomic mass is 32.2. The first-order chi connectivity index (χ1) is 29.7. The molecule has 356 valence electrons.